The molecule has 3 amide bonds. The van der Waals surface area contributed by atoms with Gasteiger partial charge in [-0.15, -0.1) is 0 Å². The Balaban J connectivity index is 1.78. The van der Waals surface area contributed by atoms with Gasteiger partial charge in [-0.1, -0.05) is 43.9 Å². The summed E-state index contributed by atoms with van der Waals surface area (Å²) in [4.78, 5) is 24.8. The van der Waals surface area contributed by atoms with Crippen LogP contribution >= 0.6 is 0 Å². The second-order valence-electron chi connectivity index (χ2n) is 7.84. The number of carbonyl (C=O) groups excluding carboxylic acids is 2. The molecule has 0 saturated carbocycles. The highest BCUT2D eigenvalue weighted by molar-refractivity contribution is 6.09. The topological polar surface area (TPSA) is 92.6 Å². The Morgan fingerprint density at radius 1 is 1.19 bits per heavy atom. The average Bonchev–Trinajstić information content (AvgIpc) is 3.21. The van der Waals surface area contributed by atoms with Gasteiger partial charge in [0.05, 0.1) is 13.7 Å². The van der Waals surface area contributed by atoms with Gasteiger partial charge in [-0.25, -0.2) is 4.79 Å². The Morgan fingerprint density at radius 3 is 2.65 bits per heavy atom. The summed E-state index contributed by atoms with van der Waals surface area (Å²) in [5.41, 5.74) is 0.326. The highest BCUT2D eigenvalue weighted by Gasteiger charge is 2.46. The maximum atomic E-state index is 12.8. The van der Waals surface area contributed by atoms with E-state index < -0.39 is 17.5 Å². The normalized spacial score (nSPS) is 17.9. The summed E-state index contributed by atoms with van der Waals surface area (Å²) in [5, 5.41) is 17.0. The molecular weight excluding hydrogens is 394 g/mol. The number of ether oxygens (including phenoxy) is 1. The van der Waals surface area contributed by atoms with Crippen molar-refractivity contribution < 1.29 is 19.4 Å². The molecule has 0 radical (unpaired) electrons. The van der Waals surface area contributed by atoms with E-state index in [0.717, 1.165) is 16.5 Å². The van der Waals surface area contributed by atoms with Crippen molar-refractivity contribution >= 4 is 22.7 Å². The van der Waals surface area contributed by atoms with E-state index in [1.165, 1.54) is 4.57 Å². The predicted molar refractivity (Wildman–Crippen MR) is 117 cm³/mol. The molecule has 1 saturated heterocycles. The van der Waals surface area contributed by atoms with Crippen LogP contribution in [0.4, 0.5) is 4.79 Å². The Hall–Kier alpha value is -3.92. The maximum absolute atomic E-state index is 12.8. The molecular formula is C24H23N3O4. The Labute approximate surface area is 180 Å². The summed E-state index contributed by atoms with van der Waals surface area (Å²) in [5.74, 6) is 6.32. The van der Waals surface area contributed by atoms with Crippen molar-refractivity contribution in [1.29, 1.82) is 0 Å². The average molecular weight is 417 g/mol. The first-order valence-corrected chi connectivity index (χ1v) is 9.94. The van der Waals surface area contributed by atoms with E-state index in [2.05, 4.69) is 36.3 Å². The number of amides is 3. The van der Waals surface area contributed by atoms with Gasteiger partial charge in [0.15, 0.2) is 5.88 Å². The first-order chi connectivity index (χ1) is 14.8. The lowest BCUT2D eigenvalue weighted by Crippen LogP contribution is -2.49. The number of nitrogens with one attached hydrogen (secondary N) is 2. The number of fused-ring (bicyclic) bond motifs is 1. The zero-order chi connectivity index (χ0) is 22.2. The minimum Gasteiger partial charge on any atom is -0.497 e. The number of hydrogen-bond acceptors (Lipinski definition) is 4. The van der Waals surface area contributed by atoms with Crippen LogP contribution in [0, 0.1) is 11.8 Å². The van der Waals surface area contributed by atoms with Crippen LogP contribution in [0.15, 0.2) is 48.7 Å². The molecule has 7 heteroatoms. The lowest BCUT2D eigenvalue weighted by atomic mass is 9.95. The van der Waals surface area contributed by atoms with Gasteiger partial charge in [0.2, 0.25) is 5.54 Å². The molecule has 4 rings (SSSR count). The molecule has 3 N–H and O–H groups in total. The van der Waals surface area contributed by atoms with Crippen LogP contribution in [0.2, 0.25) is 0 Å². The minimum absolute atomic E-state index is 0.0356. The molecule has 2 aromatic carbocycles. The van der Waals surface area contributed by atoms with Gasteiger partial charge in [0.1, 0.15) is 5.75 Å². The van der Waals surface area contributed by atoms with Gasteiger partial charge in [-0.3, -0.25) is 10.1 Å². The van der Waals surface area contributed by atoms with Crippen molar-refractivity contribution in [1.82, 2.24) is 15.2 Å². The molecule has 0 bridgehead atoms. The third-order valence-corrected chi connectivity index (χ3v) is 5.41. The monoisotopic (exact) mass is 417 g/mol. The molecule has 0 aliphatic carbocycles. The highest BCUT2D eigenvalue weighted by Crippen LogP contribution is 2.32. The number of carbonyl (C=O) groups is 2. The van der Waals surface area contributed by atoms with E-state index in [1.54, 1.807) is 25.4 Å². The number of imide groups is 1. The number of rotatable bonds is 4. The summed E-state index contributed by atoms with van der Waals surface area (Å²) in [6.07, 6.45) is 1.72. The molecule has 158 valence electrons. The molecule has 31 heavy (non-hydrogen) atoms. The van der Waals surface area contributed by atoms with E-state index in [0.29, 0.717) is 11.1 Å². The van der Waals surface area contributed by atoms with Crippen LogP contribution in [-0.4, -0.2) is 34.3 Å². The molecule has 1 aromatic heterocycles. The van der Waals surface area contributed by atoms with E-state index in [1.807, 2.05) is 30.3 Å². The van der Waals surface area contributed by atoms with Gasteiger partial charge in [-0.2, -0.15) is 0 Å². The van der Waals surface area contributed by atoms with E-state index in [4.69, 9.17) is 4.74 Å². The van der Waals surface area contributed by atoms with E-state index in [9.17, 15) is 14.7 Å². The van der Waals surface area contributed by atoms with Crippen LogP contribution in [0.1, 0.15) is 30.9 Å². The Morgan fingerprint density at radius 2 is 1.97 bits per heavy atom. The quantitative estimate of drug-likeness (QED) is 0.449. The molecule has 1 fully saturated rings. The number of aromatic nitrogens is 1. The van der Waals surface area contributed by atoms with Crippen LogP contribution < -0.4 is 15.4 Å². The Bertz CT molecular complexity index is 1250. The fraction of sp³-hybridized carbons (Fsp3) is 0.250. The third-order valence-electron chi connectivity index (χ3n) is 5.41. The number of nitrogens with zero attached hydrogens (tertiary/aromatic N) is 1. The lowest BCUT2D eigenvalue weighted by molar-refractivity contribution is -0.122. The molecule has 0 unspecified atom stereocenters. The van der Waals surface area contributed by atoms with Gasteiger partial charge in [0.25, 0.3) is 5.91 Å². The first kappa shape index (κ1) is 20.4. The first-order valence-electron chi connectivity index (χ1n) is 9.94. The predicted octanol–water partition coefficient (Wildman–Crippen LogP) is 3.11. The van der Waals surface area contributed by atoms with Crippen molar-refractivity contribution in [3.8, 4) is 23.5 Å². The summed E-state index contributed by atoms with van der Waals surface area (Å²) < 4.78 is 6.74. The zero-order valence-electron chi connectivity index (χ0n) is 17.5. The fourth-order valence-electron chi connectivity index (χ4n) is 3.75. The van der Waals surface area contributed by atoms with Gasteiger partial charge >= 0.3 is 6.03 Å². The summed E-state index contributed by atoms with van der Waals surface area (Å²) in [7, 11) is 1.55. The second-order valence-corrected chi connectivity index (χ2v) is 7.84. The van der Waals surface area contributed by atoms with Crippen molar-refractivity contribution in [2.24, 2.45) is 0 Å². The fourth-order valence-corrected chi connectivity index (χ4v) is 3.75. The number of benzene rings is 2. The molecule has 3 aromatic rings. The van der Waals surface area contributed by atoms with Crippen LogP contribution in [-0.2, 0) is 11.3 Å². The summed E-state index contributed by atoms with van der Waals surface area (Å²) in [6, 6.07) is 12.4. The summed E-state index contributed by atoms with van der Waals surface area (Å²) >= 11 is 0. The molecule has 1 aliphatic rings. The van der Waals surface area contributed by atoms with Gasteiger partial charge in [-0.05, 0) is 35.7 Å². The van der Waals surface area contributed by atoms with Crippen molar-refractivity contribution in [3.05, 3.63) is 59.8 Å². The SMILES string of the molecule is COc1ccc2cn(C[C@@]3(C#Cc4ccccc4C(C)C)NC(=O)NC3=O)c(O)c2c1. The number of aromatic hydroxyl groups is 1. The molecule has 2 heterocycles. The molecule has 1 aliphatic heterocycles. The third kappa shape index (κ3) is 3.68. The molecule has 1 atom stereocenters. The second kappa shape index (κ2) is 7.73. The van der Waals surface area contributed by atoms with Crippen LogP contribution in [0.3, 0.4) is 0 Å². The smallest absolute Gasteiger partial charge is 0.323 e. The van der Waals surface area contributed by atoms with Crippen LogP contribution in [0.25, 0.3) is 10.8 Å². The standard InChI is InChI=1S/C24H23N3O4/c1-15(2)19-7-5-4-6-16(19)10-11-24(22(29)25-23(30)26-24)14-27-13-17-8-9-18(31-3)12-20(17)21(27)28/h4-9,12-13,15,28H,14H2,1-3H3,(H2,25,26,29,30)/t24-/m1/s1. The van der Waals surface area contributed by atoms with Crippen molar-refractivity contribution in [3.63, 3.8) is 0 Å². The number of urea groups is 1. The van der Waals surface area contributed by atoms with Crippen molar-refractivity contribution in [2.45, 2.75) is 31.8 Å². The largest absolute Gasteiger partial charge is 0.497 e. The van der Waals surface area contributed by atoms with Gasteiger partial charge in [0, 0.05) is 22.5 Å². The highest BCUT2D eigenvalue weighted by atomic mass is 16.5. The molecule has 7 nitrogen and oxygen atoms in total. The van der Waals surface area contributed by atoms with Crippen molar-refractivity contribution in [2.75, 3.05) is 7.11 Å². The lowest BCUT2D eigenvalue weighted by Gasteiger charge is -2.21. The zero-order valence-corrected chi connectivity index (χ0v) is 17.5. The minimum atomic E-state index is -1.52. The van der Waals surface area contributed by atoms with Gasteiger partial charge < -0.3 is 19.7 Å². The van der Waals surface area contributed by atoms with E-state index >= 15 is 0 Å². The van der Waals surface area contributed by atoms with Crippen LogP contribution in [0.5, 0.6) is 11.6 Å². The molecule has 0 spiro atoms. The maximum Gasteiger partial charge on any atom is 0.323 e. The number of methoxy groups -OCH3 is 1. The van der Waals surface area contributed by atoms with E-state index in [-0.39, 0.29) is 18.3 Å². The Kier molecular flexibility index (Phi) is 5.07. The summed E-state index contributed by atoms with van der Waals surface area (Å²) in [6.45, 7) is 4.08. The number of hydrogen-bond donors (Lipinski definition) is 3.